The van der Waals surface area contributed by atoms with Gasteiger partial charge in [-0.3, -0.25) is 14.9 Å². The highest BCUT2D eigenvalue weighted by molar-refractivity contribution is 8.01. The lowest BCUT2D eigenvalue weighted by atomic mass is 10.2. The third kappa shape index (κ3) is 4.45. The number of carbonyl (C=O) groups excluding carboxylic acids is 1. The Morgan fingerprint density at radius 1 is 1.40 bits per heavy atom. The van der Waals surface area contributed by atoms with E-state index in [1.807, 2.05) is 0 Å². The molecule has 1 aliphatic rings. The van der Waals surface area contributed by atoms with Crippen LogP contribution in [0.25, 0.3) is 0 Å². The number of aryl methyl sites for hydroxylation is 1. The summed E-state index contributed by atoms with van der Waals surface area (Å²) in [5, 5.41) is 22.8. The van der Waals surface area contributed by atoms with Gasteiger partial charge in [-0.15, -0.1) is 10.2 Å². The van der Waals surface area contributed by atoms with Gasteiger partial charge in [0.2, 0.25) is 11.0 Å². The van der Waals surface area contributed by atoms with Crippen LogP contribution in [-0.4, -0.2) is 39.9 Å². The van der Waals surface area contributed by atoms with Crippen LogP contribution in [0.1, 0.15) is 18.4 Å². The summed E-state index contributed by atoms with van der Waals surface area (Å²) in [6, 6.07) is 4.64. The van der Waals surface area contributed by atoms with E-state index in [2.05, 4.69) is 20.4 Å². The molecule has 1 aliphatic heterocycles. The molecule has 8 nitrogen and oxygen atoms in total. The number of carbonyl (C=O) groups is 1. The van der Waals surface area contributed by atoms with E-state index in [0.717, 1.165) is 22.6 Å². The predicted molar refractivity (Wildman–Crippen MR) is 98.5 cm³/mol. The molecule has 25 heavy (non-hydrogen) atoms. The van der Waals surface area contributed by atoms with Gasteiger partial charge in [-0.1, -0.05) is 29.2 Å². The molecule has 1 fully saturated rings. The molecule has 0 radical (unpaired) electrons. The minimum Gasteiger partial charge on any atom is -0.347 e. The fourth-order valence-corrected chi connectivity index (χ4v) is 4.20. The van der Waals surface area contributed by atoms with E-state index in [1.165, 1.54) is 42.0 Å². The molecule has 1 aromatic heterocycles. The molecule has 132 valence electrons. The highest BCUT2D eigenvalue weighted by Gasteiger charge is 2.17. The molecule has 0 saturated carbocycles. The number of nitrogens with one attached hydrogen (secondary N) is 1. The number of nitrogens with zero attached hydrogens (tertiary/aromatic N) is 4. The topological polar surface area (TPSA) is 101 Å². The number of aromatic nitrogens is 2. The van der Waals surface area contributed by atoms with Gasteiger partial charge in [-0.25, -0.2) is 0 Å². The summed E-state index contributed by atoms with van der Waals surface area (Å²) in [6.45, 7) is 3.67. The number of nitro groups is 1. The highest BCUT2D eigenvalue weighted by Crippen LogP contribution is 2.30. The van der Waals surface area contributed by atoms with Crippen LogP contribution < -0.4 is 10.2 Å². The van der Waals surface area contributed by atoms with Crippen molar-refractivity contribution in [1.29, 1.82) is 0 Å². The molecule has 1 amide bonds. The molecular weight excluding hydrogens is 362 g/mol. The first-order chi connectivity index (χ1) is 12.0. The molecular formula is C15H17N5O3S2. The Morgan fingerprint density at radius 3 is 2.88 bits per heavy atom. The van der Waals surface area contributed by atoms with Crippen LogP contribution in [0, 0.1) is 17.0 Å². The number of thioether (sulfide) groups is 1. The Morgan fingerprint density at radius 2 is 2.16 bits per heavy atom. The zero-order valence-corrected chi connectivity index (χ0v) is 15.2. The van der Waals surface area contributed by atoms with Gasteiger partial charge in [0.05, 0.1) is 10.7 Å². The number of amides is 1. The normalized spacial score (nSPS) is 13.9. The Balaban J connectivity index is 1.54. The van der Waals surface area contributed by atoms with Crippen LogP contribution in [0.3, 0.4) is 0 Å². The quantitative estimate of drug-likeness (QED) is 0.467. The van der Waals surface area contributed by atoms with Crippen LogP contribution >= 0.6 is 23.1 Å². The second-order valence-corrected chi connectivity index (χ2v) is 7.82. The fraction of sp³-hybridized carbons (Fsp3) is 0.400. The molecule has 1 aromatic carbocycles. The van der Waals surface area contributed by atoms with Crippen LogP contribution in [0.5, 0.6) is 0 Å². The summed E-state index contributed by atoms with van der Waals surface area (Å²) >= 11 is 2.80. The molecule has 0 unspecified atom stereocenters. The Bertz CT molecular complexity index is 789. The lowest BCUT2D eigenvalue weighted by Gasteiger charge is -2.10. The first-order valence-corrected chi connectivity index (χ1v) is 9.59. The van der Waals surface area contributed by atoms with Crippen molar-refractivity contribution in [2.24, 2.45) is 0 Å². The van der Waals surface area contributed by atoms with Gasteiger partial charge >= 0.3 is 0 Å². The molecule has 10 heteroatoms. The SMILES string of the molecule is Cc1ccc(NC(=O)CSc2nnc(N3CCCC3)s2)cc1[N+](=O)[O-]. The number of nitro benzene ring substituents is 1. The van der Waals surface area contributed by atoms with Crippen LogP contribution in [-0.2, 0) is 4.79 Å². The number of hydrogen-bond acceptors (Lipinski definition) is 8. The second kappa shape index (κ2) is 7.79. The maximum Gasteiger partial charge on any atom is 0.274 e. The van der Waals surface area contributed by atoms with Crippen molar-refractivity contribution in [1.82, 2.24) is 10.2 Å². The van der Waals surface area contributed by atoms with Gasteiger partial charge in [0.1, 0.15) is 0 Å². The summed E-state index contributed by atoms with van der Waals surface area (Å²) in [6.07, 6.45) is 2.35. The number of benzene rings is 1. The van der Waals surface area contributed by atoms with Crippen molar-refractivity contribution in [2.45, 2.75) is 24.1 Å². The van der Waals surface area contributed by atoms with Crippen LogP contribution in [0.2, 0.25) is 0 Å². The van der Waals surface area contributed by atoms with E-state index in [4.69, 9.17) is 0 Å². The molecule has 2 aromatic rings. The zero-order valence-electron chi connectivity index (χ0n) is 13.6. The Hall–Kier alpha value is -2.20. The first-order valence-electron chi connectivity index (χ1n) is 7.79. The smallest absolute Gasteiger partial charge is 0.274 e. The largest absolute Gasteiger partial charge is 0.347 e. The third-order valence-corrected chi connectivity index (χ3v) is 5.91. The maximum atomic E-state index is 12.1. The molecule has 0 atom stereocenters. The van der Waals surface area contributed by atoms with Crippen molar-refractivity contribution < 1.29 is 9.72 Å². The molecule has 1 saturated heterocycles. The van der Waals surface area contributed by atoms with Crippen molar-refractivity contribution in [3.05, 3.63) is 33.9 Å². The summed E-state index contributed by atoms with van der Waals surface area (Å²) < 4.78 is 0.743. The lowest BCUT2D eigenvalue weighted by molar-refractivity contribution is -0.385. The van der Waals surface area contributed by atoms with Crippen molar-refractivity contribution in [3.63, 3.8) is 0 Å². The average molecular weight is 379 g/mol. The molecule has 3 rings (SSSR count). The second-order valence-electron chi connectivity index (χ2n) is 5.64. The predicted octanol–water partition coefficient (Wildman–Crippen LogP) is 3.09. The maximum absolute atomic E-state index is 12.1. The monoisotopic (exact) mass is 379 g/mol. The molecule has 0 bridgehead atoms. The molecule has 1 N–H and O–H groups in total. The fourth-order valence-electron chi connectivity index (χ4n) is 2.51. The Kier molecular flexibility index (Phi) is 5.49. The number of hydrogen-bond donors (Lipinski definition) is 1. The molecule has 0 spiro atoms. The Labute approximate surface area is 152 Å². The summed E-state index contributed by atoms with van der Waals surface area (Å²) in [5.41, 5.74) is 0.962. The van der Waals surface area contributed by atoms with Gasteiger partial charge < -0.3 is 10.2 Å². The van der Waals surface area contributed by atoms with E-state index < -0.39 is 4.92 Å². The number of rotatable bonds is 6. The molecule has 0 aliphatic carbocycles. The highest BCUT2D eigenvalue weighted by atomic mass is 32.2. The summed E-state index contributed by atoms with van der Waals surface area (Å²) in [4.78, 5) is 24.8. The van der Waals surface area contributed by atoms with Gasteiger partial charge in [-0.05, 0) is 25.8 Å². The standard InChI is InChI=1S/C15H17N5O3S2/c1-10-4-5-11(8-12(10)20(22)23)16-13(21)9-24-15-18-17-14(25-15)19-6-2-3-7-19/h4-5,8H,2-3,6-7,9H2,1H3,(H,16,21). The van der Waals surface area contributed by atoms with Crippen LogP contribution in [0.4, 0.5) is 16.5 Å². The van der Waals surface area contributed by atoms with Gasteiger partial charge in [-0.2, -0.15) is 0 Å². The van der Waals surface area contributed by atoms with E-state index in [9.17, 15) is 14.9 Å². The minimum atomic E-state index is -0.457. The minimum absolute atomic E-state index is 0.00942. The van der Waals surface area contributed by atoms with E-state index in [-0.39, 0.29) is 17.3 Å². The third-order valence-electron chi connectivity index (χ3n) is 3.79. The van der Waals surface area contributed by atoms with Gasteiger partial charge in [0, 0.05) is 30.4 Å². The molecule has 2 heterocycles. The summed E-state index contributed by atoms with van der Waals surface area (Å²) in [5.74, 6) is -0.0582. The van der Waals surface area contributed by atoms with Gasteiger partial charge in [0.25, 0.3) is 5.69 Å². The lowest BCUT2D eigenvalue weighted by Crippen LogP contribution is -2.17. The van der Waals surface area contributed by atoms with E-state index in [0.29, 0.717) is 11.3 Å². The van der Waals surface area contributed by atoms with Crippen molar-refractivity contribution in [2.75, 3.05) is 29.1 Å². The van der Waals surface area contributed by atoms with E-state index in [1.54, 1.807) is 19.1 Å². The first kappa shape index (κ1) is 17.6. The van der Waals surface area contributed by atoms with Crippen LogP contribution in [0.15, 0.2) is 22.5 Å². The van der Waals surface area contributed by atoms with E-state index >= 15 is 0 Å². The number of anilines is 2. The van der Waals surface area contributed by atoms with Gasteiger partial charge in [0.15, 0.2) is 4.34 Å². The average Bonchev–Trinajstić information content (AvgIpc) is 3.25. The van der Waals surface area contributed by atoms with Crippen molar-refractivity contribution >= 4 is 45.5 Å². The zero-order chi connectivity index (χ0) is 17.8. The summed E-state index contributed by atoms with van der Waals surface area (Å²) in [7, 11) is 0. The van der Waals surface area contributed by atoms with Crippen molar-refractivity contribution in [3.8, 4) is 0 Å².